The lowest BCUT2D eigenvalue weighted by Gasteiger charge is -2.11. The fraction of sp³-hybridized carbons (Fsp3) is 0.292. The lowest BCUT2D eigenvalue weighted by Crippen LogP contribution is -2.32. The monoisotopic (exact) mass is 439 g/mol. The summed E-state index contributed by atoms with van der Waals surface area (Å²) in [6, 6.07) is 10.3. The maximum atomic E-state index is 10.9. The van der Waals surface area contributed by atoms with Crippen molar-refractivity contribution < 1.29 is 15.1 Å². The fourth-order valence-electron chi connectivity index (χ4n) is 3.76. The molecule has 0 saturated carbocycles. The summed E-state index contributed by atoms with van der Waals surface area (Å²) < 4.78 is 2.42. The molecule has 2 heterocycles. The van der Waals surface area contributed by atoms with Crippen molar-refractivity contribution in [1.82, 2.24) is 0 Å². The molecule has 4 rings (SSSR count). The first kappa shape index (κ1) is 21.0. The number of aryl methyl sites for hydroxylation is 3. The van der Waals surface area contributed by atoms with Crippen molar-refractivity contribution in [1.29, 1.82) is 0 Å². The molecule has 2 aromatic carbocycles. The Labute approximate surface area is 185 Å². The first-order chi connectivity index (χ1) is 14.4. The highest BCUT2D eigenvalue weighted by molar-refractivity contribution is 8.03. The van der Waals surface area contributed by atoms with E-state index in [0.717, 1.165) is 61.2 Å². The van der Waals surface area contributed by atoms with Crippen LogP contribution >= 0.6 is 23.1 Å². The summed E-state index contributed by atoms with van der Waals surface area (Å²) in [7, 11) is 0. The Bertz CT molecular complexity index is 1180. The number of allylic oxidation sites excluding steroid dienone is 2. The molecule has 2 N–H and O–H groups in total. The summed E-state index contributed by atoms with van der Waals surface area (Å²) in [5.74, 6) is 0. The van der Waals surface area contributed by atoms with Gasteiger partial charge < -0.3 is 0 Å². The van der Waals surface area contributed by atoms with E-state index in [9.17, 15) is 10.4 Å². The molecule has 0 fully saturated rings. The molecule has 0 saturated heterocycles. The van der Waals surface area contributed by atoms with Crippen molar-refractivity contribution in [3.05, 3.63) is 68.7 Å². The molecular weight excluding hydrogens is 412 g/mol. The lowest BCUT2D eigenvalue weighted by atomic mass is 10.0. The van der Waals surface area contributed by atoms with Gasteiger partial charge in [0, 0.05) is 21.3 Å². The summed E-state index contributed by atoms with van der Waals surface area (Å²) in [6.45, 7) is 8.37. The van der Waals surface area contributed by atoms with E-state index >= 15 is 0 Å². The van der Waals surface area contributed by atoms with Gasteiger partial charge >= 0.3 is 5.01 Å². The van der Waals surface area contributed by atoms with Crippen LogP contribution in [0.4, 0.5) is 5.69 Å². The molecule has 0 amide bonds. The largest absolute Gasteiger partial charge is 0.313 e. The smallest absolute Gasteiger partial charge is 0.283 e. The van der Waals surface area contributed by atoms with E-state index in [0.29, 0.717) is 0 Å². The van der Waals surface area contributed by atoms with Crippen molar-refractivity contribution in [3.8, 4) is 0 Å². The maximum absolute atomic E-state index is 10.9. The number of thioether (sulfide) groups is 1. The molecule has 0 bridgehead atoms. The predicted octanol–water partition coefficient (Wildman–Crippen LogP) is 6.63. The number of hydrogen-bond acceptors (Lipinski definition) is 5. The maximum Gasteiger partial charge on any atom is 0.313 e. The van der Waals surface area contributed by atoms with Gasteiger partial charge in [-0.1, -0.05) is 55.5 Å². The number of fused-ring (bicyclic) bond motifs is 2. The third-order valence-corrected chi connectivity index (χ3v) is 7.52. The molecule has 0 spiro atoms. The molecule has 0 aliphatic carbocycles. The summed E-state index contributed by atoms with van der Waals surface area (Å²) in [5.41, 5.74) is 6.32. The average molecular weight is 440 g/mol. The quantitative estimate of drug-likeness (QED) is 0.346. The zero-order chi connectivity index (χ0) is 21.4. The number of nitrogens with zero attached hydrogens (tertiary/aromatic N) is 2. The number of thiazole rings is 1. The van der Waals surface area contributed by atoms with Gasteiger partial charge in [-0.2, -0.15) is 0 Å². The third kappa shape index (κ3) is 3.75. The molecule has 1 aliphatic heterocycles. The van der Waals surface area contributed by atoms with Crippen LogP contribution in [0, 0.1) is 13.8 Å². The van der Waals surface area contributed by atoms with E-state index in [1.807, 2.05) is 31.2 Å². The van der Waals surface area contributed by atoms with Crippen LogP contribution < -0.4 is 9.79 Å². The van der Waals surface area contributed by atoms with Gasteiger partial charge in [-0.15, -0.1) is 0 Å². The Morgan fingerprint density at radius 2 is 1.97 bits per heavy atom. The van der Waals surface area contributed by atoms with Crippen LogP contribution in [0.5, 0.6) is 0 Å². The molecule has 6 heteroatoms. The zero-order valence-electron chi connectivity index (χ0n) is 17.8. The molecule has 4 nitrogen and oxygen atoms in total. The van der Waals surface area contributed by atoms with Gasteiger partial charge in [0.2, 0.25) is 0 Å². The Kier molecular flexibility index (Phi) is 5.91. The third-order valence-electron chi connectivity index (χ3n) is 5.41. The van der Waals surface area contributed by atoms with E-state index in [1.165, 1.54) is 20.9 Å². The van der Waals surface area contributed by atoms with Gasteiger partial charge in [0.25, 0.3) is 5.52 Å². The summed E-state index contributed by atoms with van der Waals surface area (Å²) in [6.07, 6.45) is 6.80. The molecule has 0 unspecified atom stereocenters. The Balaban J connectivity index is 1.73. The number of rotatable bonds is 5. The lowest BCUT2D eigenvalue weighted by molar-refractivity contribution is -0.882. The molecule has 156 valence electrons. The van der Waals surface area contributed by atoms with E-state index in [4.69, 9.17) is 0 Å². The van der Waals surface area contributed by atoms with E-state index < -0.39 is 0 Å². The van der Waals surface area contributed by atoms with Gasteiger partial charge in [-0.05, 0) is 67.7 Å². The second kappa shape index (κ2) is 8.46. The Morgan fingerprint density at radius 3 is 2.70 bits per heavy atom. The van der Waals surface area contributed by atoms with Crippen LogP contribution in [0.2, 0.25) is 0 Å². The van der Waals surface area contributed by atoms with Gasteiger partial charge in [-0.25, -0.2) is 5.06 Å². The average Bonchev–Trinajstić information content (AvgIpc) is 3.21. The van der Waals surface area contributed by atoms with Crippen molar-refractivity contribution in [2.75, 3.05) is 5.06 Å². The van der Waals surface area contributed by atoms with Crippen LogP contribution in [-0.2, 0) is 6.42 Å². The van der Waals surface area contributed by atoms with Crippen LogP contribution in [0.1, 0.15) is 48.4 Å². The molecule has 1 aliphatic rings. The SMILES string of the molecule is CCCc1c(C)ccc2sc(C=C(C=C3Sc4ccc(C)cc4N3O)CC)[n+](O)c12. The van der Waals surface area contributed by atoms with Crippen LogP contribution in [0.3, 0.4) is 0 Å². The minimum absolute atomic E-state index is 0.775. The van der Waals surface area contributed by atoms with E-state index in [1.54, 1.807) is 23.1 Å². The highest BCUT2D eigenvalue weighted by atomic mass is 32.2. The zero-order valence-corrected chi connectivity index (χ0v) is 19.4. The highest BCUT2D eigenvalue weighted by Crippen LogP contribution is 2.45. The topological polar surface area (TPSA) is 47.6 Å². The second-order valence-electron chi connectivity index (χ2n) is 7.65. The van der Waals surface area contributed by atoms with Gasteiger partial charge in [0.1, 0.15) is 9.73 Å². The number of benzene rings is 2. The van der Waals surface area contributed by atoms with E-state index in [2.05, 4.69) is 39.0 Å². The van der Waals surface area contributed by atoms with Crippen molar-refractivity contribution in [3.63, 3.8) is 0 Å². The molecule has 1 aromatic heterocycles. The summed E-state index contributed by atoms with van der Waals surface area (Å²) in [5, 5.41) is 24.4. The van der Waals surface area contributed by atoms with Crippen LogP contribution in [0.15, 0.2) is 51.9 Å². The molecular formula is C24H27N2O2S2+. The Morgan fingerprint density at radius 1 is 1.17 bits per heavy atom. The first-order valence-corrected chi connectivity index (χ1v) is 11.9. The van der Waals surface area contributed by atoms with Crippen LogP contribution in [-0.4, -0.2) is 10.4 Å². The van der Waals surface area contributed by atoms with Crippen molar-refractivity contribution in [2.24, 2.45) is 0 Å². The summed E-state index contributed by atoms with van der Waals surface area (Å²) >= 11 is 3.15. The predicted molar refractivity (Wildman–Crippen MR) is 126 cm³/mol. The number of anilines is 1. The molecule has 0 atom stereocenters. The second-order valence-corrected chi connectivity index (χ2v) is 9.77. The summed E-state index contributed by atoms with van der Waals surface area (Å²) in [4.78, 5) is 1.04. The van der Waals surface area contributed by atoms with Gasteiger partial charge in [-0.3, -0.25) is 10.4 Å². The highest BCUT2D eigenvalue weighted by Gasteiger charge is 2.26. The van der Waals surface area contributed by atoms with E-state index in [-0.39, 0.29) is 0 Å². The number of hydrogen-bond donors (Lipinski definition) is 2. The fourth-order valence-corrected chi connectivity index (χ4v) is 5.82. The minimum atomic E-state index is 0.775. The standard InChI is InChI=1S/C24H27N2O2S2/c1-5-7-18-16(4)9-11-21-24(18)26(28)23(30-21)14-17(6-2)13-22-25(27)19-12-15(3)8-10-20(19)29-22/h8-14,27-28H,5-7H2,1-4H3/q+1. The van der Waals surface area contributed by atoms with Crippen molar-refractivity contribution in [2.45, 2.75) is 51.9 Å². The van der Waals surface area contributed by atoms with Crippen molar-refractivity contribution >= 4 is 45.1 Å². The molecule has 0 radical (unpaired) electrons. The first-order valence-electron chi connectivity index (χ1n) is 10.3. The minimum Gasteiger partial charge on any atom is -0.283 e. The molecule has 3 aromatic rings. The number of aromatic nitrogens is 1. The van der Waals surface area contributed by atoms with Crippen LogP contribution in [0.25, 0.3) is 16.3 Å². The normalized spacial score (nSPS) is 15.4. The Hall–Kier alpha value is -2.28. The molecule has 30 heavy (non-hydrogen) atoms. The van der Waals surface area contributed by atoms with Gasteiger partial charge in [0.15, 0.2) is 0 Å². The number of hydroxylamine groups is 1. The van der Waals surface area contributed by atoms with Gasteiger partial charge in [0.05, 0.1) is 5.69 Å².